The van der Waals surface area contributed by atoms with Crippen molar-refractivity contribution in [1.29, 1.82) is 0 Å². The maximum atomic E-state index is 13.1. The SMILES string of the molecule is CCn1cnnc1C1CCCN(C(=O)c2cccc(S(=O)(=O)N3CCCC3)c2)C1. The highest BCUT2D eigenvalue weighted by Gasteiger charge is 2.30. The molecule has 0 spiro atoms. The van der Waals surface area contributed by atoms with Crippen molar-refractivity contribution in [3.8, 4) is 0 Å². The largest absolute Gasteiger partial charge is 0.338 e. The van der Waals surface area contributed by atoms with Crippen LogP contribution in [0.2, 0.25) is 0 Å². The Morgan fingerprint density at radius 3 is 2.72 bits per heavy atom. The second kappa shape index (κ2) is 8.23. The minimum Gasteiger partial charge on any atom is -0.338 e. The molecule has 0 aliphatic carbocycles. The molecule has 0 saturated carbocycles. The van der Waals surface area contributed by atoms with E-state index >= 15 is 0 Å². The molecule has 3 heterocycles. The number of aryl methyl sites for hydroxylation is 1. The zero-order valence-corrected chi connectivity index (χ0v) is 17.5. The molecule has 1 aromatic carbocycles. The summed E-state index contributed by atoms with van der Waals surface area (Å²) >= 11 is 0. The third kappa shape index (κ3) is 3.93. The van der Waals surface area contributed by atoms with Gasteiger partial charge in [-0.25, -0.2) is 8.42 Å². The molecule has 1 atom stereocenters. The van der Waals surface area contributed by atoms with Gasteiger partial charge in [-0.1, -0.05) is 6.07 Å². The van der Waals surface area contributed by atoms with Crippen molar-refractivity contribution in [2.24, 2.45) is 0 Å². The van der Waals surface area contributed by atoms with Crippen LogP contribution in [0.3, 0.4) is 0 Å². The predicted octanol–water partition coefficient (Wildman–Crippen LogP) is 2.10. The summed E-state index contributed by atoms with van der Waals surface area (Å²) in [4.78, 5) is 15.2. The summed E-state index contributed by atoms with van der Waals surface area (Å²) in [5, 5.41) is 8.27. The molecule has 2 saturated heterocycles. The van der Waals surface area contributed by atoms with Crippen molar-refractivity contribution in [1.82, 2.24) is 24.0 Å². The summed E-state index contributed by atoms with van der Waals surface area (Å²) in [5.41, 5.74) is 0.419. The van der Waals surface area contributed by atoms with Crippen LogP contribution in [-0.2, 0) is 16.6 Å². The van der Waals surface area contributed by atoms with Crippen LogP contribution >= 0.6 is 0 Å². The van der Waals surface area contributed by atoms with Gasteiger partial charge in [0, 0.05) is 44.2 Å². The van der Waals surface area contributed by atoms with Crippen LogP contribution in [0.5, 0.6) is 0 Å². The van der Waals surface area contributed by atoms with E-state index in [1.165, 1.54) is 10.4 Å². The van der Waals surface area contributed by atoms with Crippen molar-refractivity contribution in [2.75, 3.05) is 26.2 Å². The summed E-state index contributed by atoms with van der Waals surface area (Å²) in [7, 11) is -3.54. The van der Waals surface area contributed by atoms with Crippen molar-refractivity contribution in [2.45, 2.75) is 50.0 Å². The monoisotopic (exact) mass is 417 g/mol. The van der Waals surface area contributed by atoms with Crippen LogP contribution in [0.4, 0.5) is 0 Å². The molecule has 8 nitrogen and oxygen atoms in total. The lowest BCUT2D eigenvalue weighted by atomic mass is 9.96. The summed E-state index contributed by atoms with van der Waals surface area (Å²) in [6, 6.07) is 6.45. The number of piperidine rings is 1. The van der Waals surface area contributed by atoms with Gasteiger partial charge in [-0.3, -0.25) is 4.79 Å². The first kappa shape index (κ1) is 20.0. The van der Waals surface area contributed by atoms with Gasteiger partial charge in [0.15, 0.2) is 0 Å². The van der Waals surface area contributed by atoms with Gasteiger partial charge in [-0.15, -0.1) is 10.2 Å². The molecule has 2 fully saturated rings. The Hall–Kier alpha value is -2.26. The van der Waals surface area contributed by atoms with Gasteiger partial charge in [0.25, 0.3) is 5.91 Å². The zero-order valence-electron chi connectivity index (χ0n) is 16.7. The number of aromatic nitrogens is 3. The van der Waals surface area contributed by atoms with Crippen LogP contribution in [0.15, 0.2) is 35.5 Å². The zero-order chi connectivity index (χ0) is 20.4. The number of hydrogen-bond donors (Lipinski definition) is 0. The Morgan fingerprint density at radius 2 is 1.97 bits per heavy atom. The maximum Gasteiger partial charge on any atom is 0.253 e. The molecule has 0 radical (unpaired) electrons. The summed E-state index contributed by atoms with van der Waals surface area (Å²) < 4.78 is 29.2. The van der Waals surface area contributed by atoms with Crippen molar-refractivity contribution in [3.63, 3.8) is 0 Å². The third-order valence-corrected chi connectivity index (χ3v) is 7.74. The Bertz CT molecular complexity index is 982. The van der Waals surface area contributed by atoms with E-state index in [2.05, 4.69) is 10.2 Å². The molecule has 2 aromatic rings. The molecule has 0 N–H and O–H groups in total. The smallest absolute Gasteiger partial charge is 0.253 e. The van der Waals surface area contributed by atoms with Crippen molar-refractivity contribution in [3.05, 3.63) is 42.0 Å². The van der Waals surface area contributed by atoms with Crippen molar-refractivity contribution >= 4 is 15.9 Å². The predicted molar refractivity (Wildman–Crippen MR) is 108 cm³/mol. The Balaban J connectivity index is 1.53. The van der Waals surface area contributed by atoms with Gasteiger partial charge >= 0.3 is 0 Å². The number of sulfonamides is 1. The van der Waals surface area contributed by atoms with Gasteiger partial charge < -0.3 is 9.47 Å². The highest BCUT2D eigenvalue weighted by molar-refractivity contribution is 7.89. The Kier molecular flexibility index (Phi) is 5.69. The molecule has 2 aliphatic rings. The number of hydrogen-bond acceptors (Lipinski definition) is 5. The molecule has 156 valence electrons. The number of carbonyl (C=O) groups is 1. The van der Waals surface area contributed by atoms with Crippen LogP contribution in [-0.4, -0.2) is 64.5 Å². The molecule has 9 heteroatoms. The molecular formula is C20H27N5O3S. The summed E-state index contributed by atoms with van der Waals surface area (Å²) in [6.45, 7) is 5.17. The fourth-order valence-electron chi connectivity index (χ4n) is 4.25. The van der Waals surface area contributed by atoms with E-state index in [0.717, 1.165) is 38.1 Å². The van der Waals surface area contributed by atoms with Crippen LogP contribution < -0.4 is 0 Å². The number of amides is 1. The lowest BCUT2D eigenvalue weighted by Crippen LogP contribution is -2.40. The van der Waals surface area contributed by atoms with E-state index in [1.54, 1.807) is 24.5 Å². The van der Waals surface area contributed by atoms with Gasteiger partial charge in [0.05, 0.1) is 4.90 Å². The molecule has 4 rings (SSSR count). The van der Waals surface area contributed by atoms with E-state index in [4.69, 9.17) is 0 Å². The highest BCUT2D eigenvalue weighted by Crippen LogP contribution is 2.27. The second-order valence-corrected chi connectivity index (χ2v) is 9.64. The standard InChI is InChI=1S/C20H27N5O3S/c1-2-23-15-21-22-19(23)17-8-6-10-24(14-17)20(26)16-7-5-9-18(13-16)29(27,28)25-11-3-4-12-25/h5,7,9,13,15,17H,2-4,6,8,10-12,14H2,1H3. The molecule has 1 amide bonds. The molecule has 2 aliphatic heterocycles. The number of carbonyl (C=O) groups excluding carboxylic acids is 1. The maximum absolute atomic E-state index is 13.1. The van der Waals surface area contributed by atoms with E-state index in [0.29, 0.717) is 31.7 Å². The summed E-state index contributed by atoms with van der Waals surface area (Å²) in [5.74, 6) is 0.928. The molecular weight excluding hydrogens is 390 g/mol. The van der Waals surface area contributed by atoms with Crippen molar-refractivity contribution < 1.29 is 13.2 Å². The topological polar surface area (TPSA) is 88.4 Å². The quantitative estimate of drug-likeness (QED) is 0.743. The van der Waals surface area contributed by atoms with Crippen LogP contribution in [0.25, 0.3) is 0 Å². The van der Waals surface area contributed by atoms with Gasteiger partial charge in [0.2, 0.25) is 10.0 Å². The van der Waals surface area contributed by atoms with E-state index in [1.807, 2.05) is 16.4 Å². The van der Waals surface area contributed by atoms with E-state index < -0.39 is 10.0 Å². The molecule has 0 bridgehead atoms. The Morgan fingerprint density at radius 1 is 1.17 bits per heavy atom. The normalized spacial score (nSPS) is 20.9. The first-order valence-corrected chi connectivity index (χ1v) is 11.7. The Labute approximate surface area is 171 Å². The first-order valence-electron chi connectivity index (χ1n) is 10.3. The molecule has 1 unspecified atom stereocenters. The molecule has 29 heavy (non-hydrogen) atoms. The number of rotatable bonds is 5. The minimum absolute atomic E-state index is 0.129. The number of nitrogens with zero attached hydrogens (tertiary/aromatic N) is 5. The van der Waals surface area contributed by atoms with Crippen LogP contribution in [0, 0.1) is 0 Å². The number of likely N-dealkylation sites (tertiary alicyclic amines) is 1. The molecule has 1 aromatic heterocycles. The van der Waals surface area contributed by atoms with E-state index in [-0.39, 0.29) is 16.7 Å². The van der Waals surface area contributed by atoms with Gasteiger partial charge in [-0.2, -0.15) is 4.31 Å². The van der Waals surface area contributed by atoms with Crippen LogP contribution in [0.1, 0.15) is 54.7 Å². The summed E-state index contributed by atoms with van der Waals surface area (Å²) in [6.07, 6.45) is 5.35. The third-order valence-electron chi connectivity index (χ3n) is 5.84. The second-order valence-electron chi connectivity index (χ2n) is 7.70. The average molecular weight is 418 g/mol. The highest BCUT2D eigenvalue weighted by atomic mass is 32.2. The fourth-order valence-corrected chi connectivity index (χ4v) is 5.81. The lowest BCUT2D eigenvalue weighted by molar-refractivity contribution is 0.0703. The van der Waals surface area contributed by atoms with E-state index in [9.17, 15) is 13.2 Å². The average Bonchev–Trinajstić information content (AvgIpc) is 3.45. The fraction of sp³-hybridized carbons (Fsp3) is 0.550. The lowest BCUT2D eigenvalue weighted by Gasteiger charge is -2.32. The minimum atomic E-state index is -3.54. The van der Waals surface area contributed by atoms with Gasteiger partial charge in [0.1, 0.15) is 12.2 Å². The number of benzene rings is 1. The first-order chi connectivity index (χ1) is 14.0. The van der Waals surface area contributed by atoms with Gasteiger partial charge in [-0.05, 0) is 50.8 Å².